The summed E-state index contributed by atoms with van der Waals surface area (Å²) in [5.74, 6) is 0.800. The average Bonchev–Trinajstić information content (AvgIpc) is 3.17. The van der Waals surface area contributed by atoms with Crippen LogP contribution in [0.5, 0.6) is 5.75 Å². The summed E-state index contributed by atoms with van der Waals surface area (Å²) in [6, 6.07) is 7.56. The minimum absolute atomic E-state index is 0.0158. The number of aromatic nitrogens is 2. The molecule has 1 fully saturated rings. The first kappa shape index (κ1) is 19.9. The lowest BCUT2D eigenvalue weighted by Crippen LogP contribution is -2.47. The largest absolute Gasteiger partial charge is 0.493 e. The minimum atomic E-state index is -3.24. The van der Waals surface area contributed by atoms with Gasteiger partial charge in [-0.2, -0.15) is 5.10 Å². The van der Waals surface area contributed by atoms with Crippen molar-refractivity contribution in [1.82, 2.24) is 14.5 Å². The number of hydrogen-bond donors (Lipinski definition) is 1. The van der Waals surface area contributed by atoms with Crippen LogP contribution in [-0.4, -0.2) is 49.8 Å². The Bertz CT molecular complexity index is 833. The first-order valence-corrected chi connectivity index (χ1v) is 11.0. The Balaban J connectivity index is 1.59. The summed E-state index contributed by atoms with van der Waals surface area (Å²) in [6.45, 7) is 5.19. The highest BCUT2D eigenvalue weighted by Gasteiger charge is 2.29. The van der Waals surface area contributed by atoms with Crippen LogP contribution in [0.2, 0.25) is 0 Å². The lowest BCUT2D eigenvalue weighted by atomic mass is 9.98. The van der Waals surface area contributed by atoms with Gasteiger partial charge >= 0.3 is 0 Å². The maximum atomic E-state index is 11.9. The molecule has 3 rings (SSSR count). The zero-order chi connectivity index (χ0) is 19.3. The van der Waals surface area contributed by atoms with Gasteiger partial charge in [-0.1, -0.05) is 6.92 Å². The van der Waals surface area contributed by atoms with Crippen molar-refractivity contribution >= 4 is 10.0 Å². The van der Waals surface area contributed by atoms with Crippen molar-refractivity contribution in [3.63, 3.8) is 0 Å². The van der Waals surface area contributed by atoms with Gasteiger partial charge in [0.15, 0.2) is 0 Å². The second-order valence-corrected chi connectivity index (χ2v) is 8.75. The summed E-state index contributed by atoms with van der Waals surface area (Å²) in [5, 5.41) is 4.35. The van der Waals surface area contributed by atoms with Crippen LogP contribution < -0.4 is 9.46 Å². The molecule has 0 aliphatic carbocycles. The predicted octanol–water partition coefficient (Wildman–Crippen LogP) is 2.16. The van der Waals surface area contributed by atoms with E-state index in [1.54, 1.807) is 6.92 Å². The number of benzene rings is 1. The van der Waals surface area contributed by atoms with Crippen molar-refractivity contribution in [2.45, 2.75) is 32.7 Å². The molecule has 1 aromatic carbocycles. The van der Waals surface area contributed by atoms with Crippen molar-refractivity contribution in [3.8, 4) is 11.4 Å². The van der Waals surface area contributed by atoms with E-state index in [9.17, 15) is 8.42 Å². The van der Waals surface area contributed by atoms with Gasteiger partial charge in [-0.25, -0.2) is 17.8 Å². The number of nitrogens with one attached hydrogen (secondary N) is 1. The number of ether oxygens (including phenoxy) is 2. The molecule has 8 heteroatoms. The standard InChI is InChI=1S/C19H27N3O4S/c1-3-15-11-20-22(12-15)17-5-7-18(8-6-17)26-14-16-13-25-10-9-19(16)21-27(23,24)4-2/h5-8,11-12,16,19,21H,3-4,9-10,13-14H2,1-2H3/t16-,19+/m0/s1. The van der Waals surface area contributed by atoms with E-state index in [0.29, 0.717) is 26.2 Å². The first-order chi connectivity index (χ1) is 13.0. The molecule has 0 unspecified atom stereocenters. The van der Waals surface area contributed by atoms with Gasteiger partial charge in [-0.05, 0) is 49.6 Å². The van der Waals surface area contributed by atoms with Crippen LogP contribution in [0.25, 0.3) is 5.69 Å². The Morgan fingerprint density at radius 3 is 2.74 bits per heavy atom. The van der Waals surface area contributed by atoms with Crippen LogP contribution >= 0.6 is 0 Å². The summed E-state index contributed by atoms with van der Waals surface area (Å²) in [6.07, 6.45) is 5.49. The average molecular weight is 394 g/mol. The summed E-state index contributed by atoms with van der Waals surface area (Å²) < 4.78 is 39.8. The third-order valence-electron chi connectivity index (χ3n) is 4.79. The lowest BCUT2D eigenvalue weighted by molar-refractivity contribution is 0.0186. The number of rotatable bonds is 8. The van der Waals surface area contributed by atoms with Gasteiger partial charge in [0.2, 0.25) is 10.0 Å². The molecule has 2 atom stereocenters. The van der Waals surface area contributed by atoms with Crippen LogP contribution in [0.1, 0.15) is 25.8 Å². The molecule has 0 radical (unpaired) electrons. The molecule has 1 saturated heterocycles. The number of aryl methyl sites for hydroxylation is 1. The Hall–Kier alpha value is -1.90. The van der Waals surface area contributed by atoms with Gasteiger partial charge < -0.3 is 9.47 Å². The summed E-state index contributed by atoms with van der Waals surface area (Å²) in [7, 11) is -3.24. The summed E-state index contributed by atoms with van der Waals surface area (Å²) in [4.78, 5) is 0. The number of hydrogen-bond acceptors (Lipinski definition) is 5. The highest BCUT2D eigenvalue weighted by molar-refractivity contribution is 7.89. The molecule has 1 aliphatic rings. The smallest absolute Gasteiger partial charge is 0.211 e. The van der Waals surface area contributed by atoms with E-state index in [1.165, 1.54) is 5.56 Å². The maximum absolute atomic E-state index is 11.9. The minimum Gasteiger partial charge on any atom is -0.493 e. The fourth-order valence-electron chi connectivity index (χ4n) is 3.01. The van der Waals surface area contributed by atoms with E-state index in [4.69, 9.17) is 9.47 Å². The molecule has 1 N–H and O–H groups in total. The first-order valence-electron chi connectivity index (χ1n) is 9.35. The van der Waals surface area contributed by atoms with Gasteiger partial charge in [-0.15, -0.1) is 0 Å². The normalized spacial score (nSPS) is 20.5. The van der Waals surface area contributed by atoms with Gasteiger partial charge in [0.25, 0.3) is 0 Å². The molecule has 2 heterocycles. The monoisotopic (exact) mass is 393 g/mol. The van der Waals surface area contributed by atoms with E-state index in [-0.39, 0.29) is 17.7 Å². The van der Waals surface area contributed by atoms with Crippen LogP contribution in [0.3, 0.4) is 0 Å². The fourth-order valence-corrected chi connectivity index (χ4v) is 3.95. The molecular formula is C19H27N3O4S. The van der Waals surface area contributed by atoms with Crippen LogP contribution in [0, 0.1) is 5.92 Å². The van der Waals surface area contributed by atoms with Gasteiger partial charge in [0, 0.05) is 24.8 Å². The molecule has 0 spiro atoms. The second kappa shape index (κ2) is 8.86. The van der Waals surface area contributed by atoms with E-state index < -0.39 is 10.0 Å². The molecule has 1 aliphatic heterocycles. The van der Waals surface area contributed by atoms with E-state index >= 15 is 0 Å². The second-order valence-electron chi connectivity index (χ2n) is 6.70. The Kier molecular flexibility index (Phi) is 6.51. The number of nitrogens with zero attached hydrogens (tertiary/aromatic N) is 2. The van der Waals surface area contributed by atoms with Crippen LogP contribution in [0.4, 0.5) is 0 Å². The Labute approximate surface area is 160 Å². The summed E-state index contributed by atoms with van der Waals surface area (Å²) >= 11 is 0. The zero-order valence-corrected chi connectivity index (χ0v) is 16.6. The number of sulfonamides is 1. The summed E-state index contributed by atoms with van der Waals surface area (Å²) in [5.41, 5.74) is 2.16. The zero-order valence-electron chi connectivity index (χ0n) is 15.8. The van der Waals surface area contributed by atoms with E-state index in [1.807, 2.05) is 41.3 Å². The van der Waals surface area contributed by atoms with Crippen molar-refractivity contribution in [2.24, 2.45) is 5.92 Å². The van der Waals surface area contributed by atoms with E-state index in [2.05, 4.69) is 16.7 Å². The molecule has 0 amide bonds. The van der Waals surface area contributed by atoms with Crippen LogP contribution in [-0.2, 0) is 21.2 Å². The fraction of sp³-hybridized carbons (Fsp3) is 0.526. The van der Waals surface area contributed by atoms with Crippen molar-refractivity contribution < 1.29 is 17.9 Å². The molecule has 1 aromatic heterocycles. The molecule has 2 aromatic rings. The Morgan fingerprint density at radius 2 is 2.07 bits per heavy atom. The molecule has 148 valence electrons. The third kappa shape index (κ3) is 5.31. The molecule has 0 saturated carbocycles. The van der Waals surface area contributed by atoms with Crippen LogP contribution in [0.15, 0.2) is 36.7 Å². The SMILES string of the molecule is CCc1cnn(-c2ccc(OC[C@@H]3COCC[C@H]3NS(=O)(=O)CC)cc2)c1. The molecular weight excluding hydrogens is 366 g/mol. The van der Waals surface area contributed by atoms with Gasteiger partial charge in [0.05, 0.1) is 30.9 Å². The lowest BCUT2D eigenvalue weighted by Gasteiger charge is -2.31. The molecule has 7 nitrogen and oxygen atoms in total. The van der Waals surface area contributed by atoms with E-state index in [0.717, 1.165) is 17.9 Å². The predicted molar refractivity (Wildman–Crippen MR) is 104 cm³/mol. The van der Waals surface area contributed by atoms with Crippen molar-refractivity contribution in [2.75, 3.05) is 25.6 Å². The topological polar surface area (TPSA) is 82.4 Å². The third-order valence-corrected chi connectivity index (χ3v) is 6.22. The molecule has 27 heavy (non-hydrogen) atoms. The van der Waals surface area contributed by atoms with Crippen molar-refractivity contribution in [1.29, 1.82) is 0 Å². The highest BCUT2D eigenvalue weighted by atomic mass is 32.2. The highest BCUT2D eigenvalue weighted by Crippen LogP contribution is 2.20. The molecule has 0 bridgehead atoms. The maximum Gasteiger partial charge on any atom is 0.211 e. The Morgan fingerprint density at radius 1 is 1.30 bits per heavy atom. The quantitative estimate of drug-likeness (QED) is 0.743. The van der Waals surface area contributed by atoms with Gasteiger partial charge in [0.1, 0.15) is 5.75 Å². The van der Waals surface area contributed by atoms with Crippen molar-refractivity contribution in [3.05, 3.63) is 42.2 Å². The van der Waals surface area contributed by atoms with Gasteiger partial charge in [-0.3, -0.25) is 0 Å².